The van der Waals surface area contributed by atoms with E-state index in [9.17, 15) is 0 Å². The van der Waals surface area contributed by atoms with Crippen molar-refractivity contribution in [2.75, 3.05) is 0 Å². The number of alkyl halides is 1. The van der Waals surface area contributed by atoms with Crippen LogP contribution in [-0.4, -0.2) is 0 Å². The zero-order valence-electron chi connectivity index (χ0n) is 6.50. The average Bonchev–Trinajstić information content (AvgIpc) is 2.15. The summed E-state index contributed by atoms with van der Waals surface area (Å²) in [6, 6.07) is 10.0. The molecule has 0 spiro atoms. The van der Waals surface area contributed by atoms with Crippen LogP contribution in [0.2, 0.25) is 0 Å². The van der Waals surface area contributed by atoms with Crippen LogP contribution >= 0.6 is 15.9 Å². The summed E-state index contributed by atoms with van der Waals surface area (Å²) in [4.78, 5) is 0. The molecule has 0 saturated heterocycles. The van der Waals surface area contributed by atoms with E-state index in [0.717, 1.165) is 10.9 Å². The van der Waals surface area contributed by atoms with E-state index in [2.05, 4.69) is 15.9 Å². The minimum atomic E-state index is 0.870. The number of halogens is 1. The summed E-state index contributed by atoms with van der Waals surface area (Å²) in [6.07, 6.45) is 3.27. The quantitative estimate of drug-likeness (QED) is 0.557. The molecule has 1 rings (SSSR count). The Kier molecular flexibility index (Phi) is 3.56. The Hall–Kier alpha value is -1.07. The standard InChI is InChI=1S/C10H8BrN/c11-8-10-5-3-9(4-6-10)2-1-7-12/h1-6H,8H2. The maximum atomic E-state index is 8.28. The molecule has 0 aliphatic heterocycles. The Morgan fingerprint density at radius 3 is 2.50 bits per heavy atom. The van der Waals surface area contributed by atoms with E-state index < -0.39 is 0 Å². The fourth-order valence-corrected chi connectivity index (χ4v) is 1.23. The van der Waals surface area contributed by atoms with Crippen molar-refractivity contribution < 1.29 is 0 Å². The molecule has 2 heteroatoms. The summed E-state index contributed by atoms with van der Waals surface area (Å²) in [5, 5.41) is 9.15. The second-order valence-corrected chi connectivity index (χ2v) is 2.90. The van der Waals surface area contributed by atoms with Gasteiger partial charge in [-0.1, -0.05) is 40.2 Å². The first-order chi connectivity index (χ1) is 5.86. The average molecular weight is 222 g/mol. The molecular weight excluding hydrogens is 214 g/mol. The van der Waals surface area contributed by atoms with Crippen LogP contribution in [0, 0.1) is 11.3 Å². The maximum absolute atomic E-state index is 8.28. The van der Waals surface area contributed by atoms with Gasteiger partial charge in [0.05, 0.1) is 6.07 Å². The zero-order chi connectivity index (χ0) is 8.81. The largest absolute Gasteiger partial charge is 0.193 e. The lowest BCUT2D eigenvalue weighted by Crippen LogP contribution is -1.76. The van der Waals surface area contributed by atoms with Gasteiger partial charge in [-0.05, 0) is 17.2 Å². The summed E-state index contributed by atoms with van der Waals surface area (Å²) in [5.74, 6) is 0. The van der Waals surface area contributed by atoms with Gasteiger partial charge in [0, 0.05) is 11.4 Å². The van der Waals surface area contributed by atoms with Crippen LogP contribution < -0.4 is 0 Å². The Labute approximate surface area is 80.5 Å². The van der Waals surface area contributed by atoms with Gasteiger partial charge in [-0.15, -0.1) is 0 Å². The lowest BCUT2D eigenvalue weighted by atomic mass is 10.1. The van der Waals surface area contributed by atoms with E-state index in [1.807, 2.05) is 30.3 Å². The van der Waals surface area contributed by atoms with Crippen molar-refractivity contribution in [1.82, 2.24) is 0 Å². The van der Waals surface area contributed by atoms with E-state index in [0.29, 0.717) is 0 Å². The smallest absolute Gasteiger partial charge is 0.0912 e. The Balaban J connectivity index is 2.79. The highest BCUT2D eigenvalue weighted by Gasteiger charge is 1.88. The van der Waals surface area contributed by atoms with Crippen molar-refractivity contribution in [2.45, 2.75) is 5.33 Å². The molecule has 0 N–H and O–H groups in total. The molecule has 60 valence electrons. The molecule has 0 unspecified atom stereocenters. The molecule has 0 saturated carbocycles. The van der Waals surface area contributed by atoms with Gasteiger partial charge in [0.25, 0.3) is 0 Å². The molecule has 1 aromatic carbocycles. The molecule has 0 heterocycles. The van der Waals surface area contributed by atoms with Gasteiger partial charge in [-0.25, -0.2) is 0 Å². The third-order valence-corrected chi connectivity index (χ3v) is 2.13. The Morgan fingerprint density at radius 1 is 1.33 bits per heavy atom. The van der Waals surface area contributed by atoms with E-state index in [1.165, 1.54) is 11.6 Å². The lowest BCUT2D eigenvalue weighted by molar-refractivity contribution is 1.43. The van der Waals surface area contributed by atoms with Crippen LogP contribution in [0.3, 0.4) is 0 Å². The summed E-state index contributed by atoms with van der Waals surface area (Å²) in [5.41, 5.74) is 2.30. The van der Waals surface area contributed by atoms with Gasteiger partial charge in [0.1, 0.15) is 0 Å². The lowest BCUT2D eigenvalue weighted by Gasteiger charge is -1.94. The maximum Gasteiger partial charge on any atom is 0.0912 e. The summed E-state index contributed by atoms with van der Waals surface area (Å²) < 4.78 is 0. The molecule has 1 aromatic rings. The van der Waals surface area contributed by atoms with Gasteiger partial charge >= 0.3 is 0 Å². The van der Waals surface area contributed by atoms with Crippen molar-refractivity contribution in [2.24, 2.45) is 0 Å². The van der Waals surface area contributed by atoms with Crippen molar-refractivity contribution in [3.8, 4) is 6.07 Å². The van der Waals surface area contributed by atoms with E-state index in [-0.39, 0.29) is 0 Å². The van der Waals surface area contributed by atoms with Gasteiger partial charge in [0.15, 0.2) is 0 Å². The first-order valence-corrected chi connectivity index (χ1v) is 4.70. The molecule has 0 atom stereocenters. The minimum Gasteiger partial charge on any atom is -0.193 e. The molecule has 0 aliphatic carbocycles. The van der Waals surface area contributed by atoms with Crippen LogP contribution in [-0.2, 0) is 5.33 Å². The van der Waals surface area contributed by atoms with Crippen molar-refractivity contribution >= 4 is 22.0 Å². The molecule has 0 fully saturated rings. The molecule has 0 amide bonds. The zero-order valence-corrected chi connectivity index (χ0v) is 8.08. The second kappa shape index (κ2) is 4.74. The monoisotopic (exact) mass is 221 g/mol. The number of hydrogen-bond acceptors (Lipinski definition) is 1. The van der Waals surface area contributed by atoms with E-state index >= 15 is 0 Å². The van der Waals surface area contributed by atoms with Crippen LogP contribution in [0.5, 0.6) is 0 Å². The van der Waals surface area contributed by atoms with Gasteiger partial charge in [0.2, 0.25) is 0 Å². The summed E-state index contributed by atoms with van der Waals surface area (Å²) in [6.45, 7) is 0. The predicted octanol–water partition coefficient (Wildman–Crippen LogP) is 3.12. The van der Waals surface area contributed by atoms with E-state index in [4.69, 9.17) is 5.26 Å². The molecular formula is C10H8BrN. The van der Waals surface area contributed by atoms with Crippen LogP contribution in [0.25, 0.3) is 6.08 Å². The van der Waals surface area contributed by atoms with E-state index in [1.54, 1.807) is 6.08 Å². The molecule has 0 aromatic heterocycles. The van der Waals surface area contributed by atoms with Gasteiger partial charge in [-0.3, -0.25) is 0 Å². The number of hydrogen-bond donors (Lipinski definition) is 0. The SMILES string of the molecule is N#CC=Cc1ccc(CBr)cc1. The first kappa shape index (κ1) is 9.02. The number of nitrogens with zero attached hydrogens (tertiary/aromatic N) is 1. The first-order valence-electron chi connectivity index (χ1n) is 3.58. The van der Waals surface area contributed by atoms with Crippen molar-refractivity contribution in [1.29, 1.82) is 5.26 Å². The van der Waals surface area contributed by atoms with Crippen molar-refractivity contribution in [3.63, 3.8) is 0 Å². The number of benzene rings is 1. The van der Waals surface area contributed by atoms with Gasteiger partial charge in [-0.2, -0.15) is 5.26 Å². The summed E-state index contributed by atoms with van der Waals surface area (Å²) in [7, 11) is 0. The second-order valence-electron chi connectivity index (χ2n) is 2.34. The highest BCUT2D eigenvalue weighted by Crippen LogP contribution is 2.08. The van der Waals surface area contributed by atoms with Crippen LogP contribution in [0.4, 0.5) is 0 Å². The third-order valence-electron chi connectivity index (χ3n) is 1.48. The fourth-order valence-electron chi connectivity index (χ4n) is 0.851. The number of nitriles is 1. The number of rotatable bonds is 2. The predicted molar refractivity (Wildman–Crippen MR) is 53.7 cm³/mol. The molecule has 12 heavy (non-hydrogen) atoms. The molecule has 0 aliphatic rings. The fraction of sp³-hybridized carbons (Fsp3) is 0.100. The Morgan fingerprint density at radius 2 is 2.00 bits per heavy atom. The topological polar surface area (TPSA) is 23.8 Å². The molecule has 0 radical (unpaired) electrons. The highest BCUT2D eigenvalue weighted by molar-refractivity contribution is 9.08. The molecule has 1 nitrogen and oxygen atoms in total. The Bertz CT molecular complexity index is 306. The number of allylic oxidation sites excluding steroid dienone is 1. The highest BCUT2D eigenvalue weighted by atomic mass is 79.9. The normalized spacial score (nSPS) is 10.0. The van der Waals surface area contributed by atoms with Crippen LogP contribution in [0.15, 0.2) is 30.3 Å². The van der Waals surface area contributed by atoms with Gasteiger partial charge < -0.3 is 0 Å². The minimum absolute atomic E-state index is 0.870. The third kappa shape index (κ3) is 2.52. The van der Waals surface area contributed by atoms with Crippen LogP contribution in [0.1, 0.15) is 11.1 Å². The summed E-state index contributed by atoms with van der Waals surface area (Å²) >= 11 is 3.36. The van der Waals surface area contributed by atoms with Crippen molar-refractivity contribution in [3.05, 3.63) is 41.5 Å². The molecule has 0 bridgehead atoms.